The van der Waals surface area contributed by atoms with Crippen LogP contribution in [0.2, 0.25) is 0 Å². The van der Waals surface area contributed by atoms with Crippen LogP contribution >= 0.6 is 0 Å². The smallest absolute Gasteiger partial charge is 0.246 e. The fraction of sp³-hybridized carbons (Fsp3) is 0.786. The van der Waals surface area contributed by atoms with E-state index in [9.17, 15) is 8.42 Å². The van der Waals surface area contributed by atoms with E-state index in [1.54, 1.807) is 15.2 Å². The molecule has 21 heavy (non-hydrogen) atoms. The number of aromatic nitrogens is 2. The minimum atomic E-state index is -3.39. The number of nitrogens with one attached hydrogen (secondary N) is 1. The maximum absolute atomic E-state index is 12.7. The summed E-state index contributed by atoms with van der Waals surface area (Å²) < 4.78 is 28.8. The van der Waals surface area contributed by atoms with Crippen LogP contribution in [0.25, 0.3) is 0 Å². The van der Waals surface area contributed by atoms with Gasteiger partial charge < -0.3 is 5.32 Å². The van der Waals surface area contributed by atoms with Crippen LogP contribution in [0.3, 0.4) is 0 Å². The second-order valence-corrected chi connectivity index (χ2v) is 7.49. The van der Waals surface area contributed by atoms with Crippen LogP contribution in [-0.4, -0.2) is 48.7 Å². The summed E-state index contributed by atoms with van der Waals surface area (Å²) in [6.45, 7) is 4.33. The first-order chi connectivity index (χ1) is 10.1. The Balaban J connectivity index is 2.06. The van der Waals surface area contributed by atoms with Crippen molar-refractivity contribution in [3.8, 4) is 0 Å². The minimum Gasteiger partial charge on any atom is -0.320 e. The molecule has 0 aromatic carbocycles. The predicted molar refractivity (Wildman–Crippen MR) is 82.6 cm³/mol. The van der Waals surface area contributed by atoms with Crippen LogP contribution in [0.5, 0.6) is 0 Å². The maximum Gasteiger partial charge on any atom is 0.246 e. The van der Waals surface area contributed by atoms with E-state index in [0.29, 0.717) is 11.4 Å². The summed E-state index contributed by atoms with van der Waals surface area (Å²) >= 11 is 0. The third-order valence-corrected chi connectivity index (χ3v) is 5.62. The summed E-state index contributed by atoms with van der Waals surface area (Å²) in [5, 5.41) is 7.25. The van der Waals surface area contributed by atoms with Gasteiger partial charge in [-0.25, -0.2) is 8.42 Å². The third-order valence-electron chi connectivity index (χ3n) is 3.72. The normalized spacial score (nSPS) is 15.8. The Morgan fingerprint density at radius 2 is 2.19 bits per heavy atom. The number of hydrogen-bond acceptors (Lipinski definition) is 4. The van der Waals surface area contributed by atoms with E-state index in [0.717, 1.165) is 45.2 Å². The van der Waals surface area contributed by atoms with Gasteiger partial charge in [0, 0.05) is 25.3 Å². The van der Waals surface area contributed by atoms with Gasteiger partial charge >= 0.3 is 0 Å². The lowest BCUT2D eigenvalue weighted by Gasteiger charge is -2.20. The van der Waals surface area contributed by atoms with Gasteiger partial charge in [0.2, 0.25) is 10.0 Å². The summed E-state index contributed by atoms with van der Waals surface area (Å²) in [6, 6.07) is 0.203. The summed E-state index contributed by atoms with van der Waals surface area (Å²) in [4.78, 5) is 0.329. The van der Waals surface area contributed by atoms with Gasteiger partial charge in [-0.05, 0) is 39.3 Å². The van der Waals surface area contributed by atoms with Crippen LogP contribution in [0, 0.1) is 0 Å². The second kappa shape index (κ2) is 7.38. The fourth-order valence-corrected chi connectivity index (χ4v) is 4.01. The van der Waals surface area contributed by atoms with Gasteiger partial charge in [-0.3, -0.25) is 4.68 Å². The number of aryl methyl sites for hydroxylation is 1. The quantitative estimate of drug-likeness (QED) is 0.664. The molecule has 0 radical (unpaired) electrons. The highest BCUT2D eigenvalue weighted by Gasteiger charge is 2.38. The van der Waals surface area contributed by atoms with Gasteiger partial charge in [0.1, 0.15) is 4.90 Å². The molecule has 1 aliphatic rings. The molecule has 0 unspecified atom stereocenters. The number of hydrogen-bond donors (Lipinski definition) is 1. The van der Waals surface area contributed by atoms with Gasteiger partial charge in [0.25, 0.3) is 0 Å². The van der Waals surface area contributed by atoms with Gasteiger partial charge in [-0.1, -0.05) is 13.3 Å². The predicted octanol–water partition coefficient (Wildman–Crippen LogP) is 1.45. The average Bonchev–Trinajstić information content (AvgIpc) is 3.16. The Hall–Kier alpha value is -0.920. The number of sulfonamides is 1. The number of nitrogens with zero attached hydrogens (tertiary/aromatic N) is 3. The van der Waals surface area contributed by atoms with Crippen molar-refractivity contribution in [3.05, 3.63) is 12.4 Å². The molecule has 1 N–H and O–H groups in total. The molecule has 0 saturated heterocycles. The average molecular weight is 314 g/mol. The maximum atomic E-state index is 12.7. The largest absolute Gasteiger partial charge is 0.320 e. The molecule has 1 aromatic heterocycles. The standard InChI is InChI=1S/C14H26N4O2S/c1-3-4-10-18(13-6-7-13)21(19,20)14-11-16-17(12-14)9-5-8-15-2/h11-13,15H,3-10H2,1-2H3. The first-order valence-corrected chi connectivity index (χ1v) is 9.22. The van der Waals surface area contributed by atoms with E-state index in [2.05, 4.69) is 17.3 Å². The molecule has 1 aliphatic carbocycles. The highest BCUT2D eigenvalue weighted by atomic mass is 32.2. The molecule has 1 saturated carbocycles. The third kappa shape index (κ3) is 4.28. The first kappa shape index (κ1) is 16.5. The molecule has 0 atom stereocenters. The molecule has 0 spiro atoms. The minimum absolute atomic E-state index is 0.203. The summed E-state index contributed by atoms with van der Waals surface area (Å²) in [6.07, 6.45) is 7.95. The van der Waals surface area contributed by atoms with Gasteiger partial charge in [-0.2, -0.15) is 9.40 Å². The summed E-state index contributed by atoms with van der Waals surface area (Å²) in [5.74, 6) is 0. The van der Waals surface area contributed by atoms with E-state index >= 15 is 0 Å². The molecule has 1 fully saturated rings. The Morgan fingerprint density at radius 3 is 2.81 bits per heavy atom. The lowest BCUT2D eigenvalue weighted by atomic mass is 10.3. The first-order valence-electron chi connectivity index (χ1n) is 7.78. The number of unbranched alkanes of at least 4 members (excludes halogenated alkanes) is 1. The summed E-state index contributed by atoms with van der Waals surface area (Å²) in [7, 11) is -1.48. The molecule has 120 valence electrons. The van der Waals surface area contributed by atoms with Crippen molar-refractivity contribution in [3.63, 3.8) is 0 Å². The highest BCUT2D eigenvalue weighted by Crippen LogP contribution is 2.32. The van der Waals surface area contributed by atoms with Crippen molar-refractivity contribution in [2.24, 2.45) is 0 Å². The zero-order chi connectivity index (χ0) is 15.3. The van der Waals surface area contributed by atoms with Crippen LogP contribution in [0.15, 0.2) is 17.3 Å². The highest BCUT2D eigenvalue weighted by molar-refractivity contribution is 7.89. The van der Waals surface area contributed by atoms with E-state index in [-0.39, 0.29) is 6.04 Å². The molecule has 1 heterocycles. The van der Waals surface area contributed by atoms with E-state index < -0.39 is 10.0 Å². The fourth-order valence-electron chi connectivity index (χ4n) is 2.33. The van der Waals surface area contributed by atoms with Crippen molar-refractivity contribution in [2.75, 3.05) is 20.1 Å². The topological polar surface area (TPSA) is 67.2 Å². The second-order valence-electron chi connectivity index (χ2n) is 5.60. The summed E-state index contributed by atoms with van der Waals surface area (Å²) in [5.41, 5.74) is 0. The lowest BCUT2D eigenvalue weighted by molar-refractivity contribution is 0.395. The Bertz CT molecular complexity index is 537. The molecule has 0 aliphatic heterocycles. The van der Waals surface area contributed by atoms with Crippen molar-refractivity contribution in [1.82, 2.24) is 19.4 Å². The van der Waals surface area contributed by atoms with E-state index in [4.69, 9.17) is 0 Å². The van der Waals surface area contributed by atoms with Crippen molar-refractivity contribution >= 4 is 10.0 Å². The van der Waals surface area contributed by atoms with E-state index in [1.165, 1.54) is 6.20 Å². The van der Waals surface area contributed by atoms with Crippen LogP contribution in [-0.2, 0) is 16.6 Å². The Labute approximate surface area is 127 Å². The van der Waals surface area contributed by atoms with Crippen LogP contribution in [0.1, 0.15) is 39.0 Å². The van der Waals surface area contributed by atoms with Gasteiger partial charge in [0.15, 0.2) is 0 Å². The lowest BCUT2D eigenvalue weighted by Crippen LogP contribution is -2.33. The zero-order valence-electron chi connectivity index (χ0n) is 13.0. The van der Waals surface area contributed by atoms with E-state index in [1.807, 2.05) is 7.05 Å². The number of rotatable bonds is 10. The zero-order valence-corrected chi connectivity index (χ0v) is 13.8. The van der Waals surface area contributed by atoms with Gasteiger partial charge in [0.05, 0.1) is 6.20 Å². The van der Waals surface area contributed by atoms with Crippen molar-refractivity contribution in [2.45, 2.75) is 56.5 Å². The van der Waals surface area contributed by atoms with Crippen molar-refractivity contribution in [1.29, 1.82) is 0 Å². The molecule has 2 rings (SSSR count). The Morgan fingerprint density at radius 1 is 1.43 bits per heavy atom. The SMILES string of the molecule is CCCCN(C1CC1)S(=O)(=O)c1cnn(CCCNC)c1. The van der Waals surface area contributed by atoms with Crippen molar-refractivity contribution < 1.29 is 8.42 Å². The molecular weight excluding hydrogens is 288 g/mol. The van der Waals surface area contributed by atoms with Crippen LogP contribution in [0.4, 0.5) is 0 Å². The molecular formula is C14H26N4O2S. The van der Waals surface area contributed by atoms with Crippen LogP contribution < -0.4 is 5.32 Å². The Kier molecular flexibility index (Phi) is 5.78. The molecule has 1 aromatic rings. The molecule has 7 heteroatoms. The molecule has 0 amide bonds. The molecule has 0 bridgehead atoms. The van der Waals surface area contributed by atoms with Gasteiger partial charge in [-0.15, -0.1) is 0 Å². The monoisotopic (exact) mass is 314 g/mol. The molecule has 6 nitrogen and oxygen atoms in total.